The second-order valence-corrected chi connectivity index (χ2v) is 7.58. The third-order valence-corrected chi connectivity index (χ3v) is 5.87. The highest BCUT2D eigenvalue weighted by Gasteiger charge is 2.41. The Morgan fingerprint density at radius 1 is 1.14 bits per heavy atom. The molecule has 5 rings (SSSR count). The number of ether oxygens (including phenoxy) is 1. The van der Waals surface area contributed by atoms with Crippen molar-refractivity contribution in [2.24, 2.45) is 5.92 Å². The number of methoxy groups -OCH3 is 1. The van der Waals surface area contributed by atoms with Gasteiger partial charge in [0.25, 0.3) is 0 Å². The van der Waals surface area contributed by atoms with E-state index in [9.17, 15) is 14.4 Å². The van der Waals surface area contributed by atoms with E-state index >= 15 is 0 Å². The van der Waals surface area contributed by atoms with Crippen LogP contribution in [0.3, 0.4) is 0 Å². The molecule has 3 aliphatic rings. The van der Waals surface area contributed by atoms with E-state index < -0.39 is 0 Å². The van der Waals surface area contributed by atoms with Gasteiger partial charge in [0.2, 0.25) is 11.8 Å². The third-order valence-electron chi connectivity index (χ3n) is 5.87. The van der Waals surface area contributed by atoms with Gasteiger partial charge in [0.15, 0.2) is 5.43 Å². The molecule has 1 aromatic carbocycles. The molecule has 2 amide bonds. The van der Waals surface area contributed by atoms with E-state index in [1.54, 1.807) is 19.4 Å². The maximum absolute atomic E-state index is 13.1. The summed E-state index contributed by atoms with van der Waals surface area (Å²) in [4.78, 5) is 41.6. The lowest BCUT2D eigenvalue weighted by Gasteiger charge is -2.35. The first-order valence-electron chi connectivity index (χ1n) is 9.74. The van der Waals surface area contributed by atoms with Gasteiger partial charge in [-0.05, 0) is 25.0 Å². The number of carbonyl (C=O) groups is 2. The molecule has 2 bridgehead atoms. The van der Waals surface area contributed by atoms with Crippen LogP contribution in [0.2, 0.25) is 0 Å². The molecule has 3 aliphatic heterocycles. The Balaban J connectivity index is 1.54. The molecule has 7 nitrogen and oxygen atoms in total. The van der Waals surface area contributed by atoms with Gasteiger partial charge in [0.1, 0.15) is 6.54 Å². The molecule has 1 aromatic heterocycles. The molecule has 0 unspecified atom stereocenters. The number of piperidine rings is 1. The Morgan fingerprint density at radius 3 is 2.79 bits per heavy atom. The molecular formula is C21H25N3O4. The number of rotatable bonds is 5. The molecule has 28 heavy (non-hydrogen) atoms. The highest BCUT2D eigenvalue weighted by atomic mass is 16.5. The Kier molecular flexibility index (Phi) is 5.17. The zero-order valence-electron chi connectivity index (χ0n) is 16.0. The number of aromatic nitrogens is 1. The minimum absolute atomic E-state index is 0.0212. The van der Waals surface area contributed by atoms with Crippen molar-refractivity contribution >= 4 is 22.7 Å². The predicted molar refractivity (Wildman–Crippen MR) is 105 cm³/mol. The largest absolute Gasteiger partial charge is 0.383 e. The molecule has 0 aliphatic carbocycles. The summed E-state index contributed by atoms with van der Waals surface area (Å²) >= 11 is 0. The number of pyridine rings is 1. The van der Waals surface area contributed by atoms with E-state index in [0.717, 1.165) is 18.4 Å². The van der Waals surface area contributed by atoms with Crippen molar-refractivity contribution in [3.05, 3.63) is 46.8 Å². The van der Waals surface area contributed by atoms with Crippen LogP contribution in [0.4, 0.5) is 0 Å². The fourth-order valence-electron chi connectivity index (χ4n) is 4.37. The van der Waals surface area contributed by atoms with Crippen LogP contribution in [-0.2, 0) is 20.9 Å². The van der Waals surface area contributed by atoms with Crippen molar-refractivity contribution in [2.75, 3.05) is 33.4 Å². The lowest BCUT2D eigenvalue weighted by atomic mass is 9.94. The summed E-state index contributed by atoms with van der Waals surface area (Å²) in [5, 5.41) is 0.606. The molecule has 0 spiro atoms. The Morgan fingerprint density at radius 2 is 1.96 bits per heavy atom. The van der Waals surface area contributed by atoms with Gasteiger partial charge >= 0.3 is 0 Å². The molecule has 148 valence electrons. The van der Waals surface area contributed by atoms with E-state index in [1.165, 1.54) is 6.07 Å². The number of benzene rings is 1. The number of fused-ring (bicyclic) bond motifs is 5. The van der Waals surface area contributed by atoms with Gasteiger partial charge in [-0.1, -0.05) is 12.1 Å². The zero-order chi connectivity index (χ0) is 19.7. The average molecular weight is 383 g/mol. The predicted octanol–water partition coefficient (Wildman–Crippen LogP) is 1.10. The minimum Gasteiger partial charge on any atom is -0.383 e. The lowest BCUT2D eigenvalue weighted by Crippen LogP contribution is -2.49. The molecule has 3 saturated heterocycles. The van der Waals surface area contributed by atoms with Gasteiger partial charge in [-0.3, -0.25) is 14.4 Å². The quantitative estimate of drug-likeness (QED) is 0.775. The van der Waals surface area contributed by atoms with Crippen LogP contribution in [-0.4, -0.2) is 65.6 Å². The SMILES string of the molecule is COCCN1C(=O)[C@H]2CC[C@@H]1CN(C(=O)Cn1ccc(=O)c3ccccc31)C2. The Labute approximate surface area is 163 Å². The summed E-state index contributed by atoms with van der Waals surface area (Å²) in [6, 6.07) is 8.86. The number of hydrogen-bond donors (Lipinski definition) is 0. The van der Waals surface area contributed by atoms with Gasteiger partial charge < -0.3 is 19.1 Å². The molecule has 3 fully saturated rings. The highest BCUT2D eigenvalue weighted by Crippen LogP contribution is 2.29. The first-order valence-corrected chi connectivity index (χ1v) is 9.74. The molecule has 0 N–H and O–H groups in total. The van der Waals surface area contributed by atoms with Crippen LogP contribution >= 0.6 is 0 Å². The maximum atomic E-state index is 13.1. The summed E-state index contributed by atoms with van der Waals surface area (Å²) in [6.07, 6.45) is 3.42. The fraction of sp³-hybridized carbons (Fsp3) is 0.476. The summed E-state index contributed by atoms with van der Waals surface area (Å²) in [6.45, 7) is 2.26. The van der Waals surface area contributed by atoms with Gasteiger partial charge in [-0.15, -0.1) is 0 Å². The van der Waals surface area contributed by atoms with Crippen molar-refractivity contribution < 1.29 is 14.3 Å². The van der Waals surface area contributed by atoms with E-state index in [-0.39, 0.29) is 35.7 Å². The van der Waals surface area contributed by atoms with E-state index in [1.807, 2.05) is 32.6 Å². The second-order valence-electron chi connectivity index (χ2n) is 7.58. The molecule has 7 heteroatoms. The topological polar surface area (TPSA) is 71.8 Å². The number of para-hydroxylation sites is 1. The molecule has 0 radical (unpaired) electrons. The number of carbonyl (C=O) groups excluding carboxylic acids is 2. The number of hydrogen-bond acceptors (Lipinski definition) is 4. The van der Waals surface area contributed by atoms with Crippen molar-refractivity contribution in [2.45, 2.75) is 25.4 Å². The van der Waals surface area contributed by atoms with E-state index in [0.29, 0.717) is 31.6 Å². The van der Waals surface area contributed by atoms with Crippen molar-refractivity contribution in [1.82, 2.24) is 14.4 Å². The van der Waals surface area contributed by atoms with Crippen molar-refractivity contribution in [3.8, 4) is 0 Å². The number of amides is 2. The Bertz CT molecular complexity index is 954. The summed E-state index contributed by atoms with van der Waals surface area (Å²) in [7, 11) is 1.63. The summed E-state index contributed by atoms with van der Waals surface area (Å²) < 4.78 is 6.96. The van der Waals surface area contributed by atoms with E-state index in [4.69, 9.17) is 4.74 Å². The zero-order valence-corrected chi connectivity index (χ0v) is 16.0. The van der Waals surface area contributed by atoms with Crippen molar-refractivity contribution in [3.63, 3.8) is 0 Å². The second kappa shape index (κ2) is 7.75. The first-order chi connectivity index (χ1) is 13.6. The molecular weight excluding hydrogens is 358 g/mol. The molecule has 0 saturated carbocycles. The molecule has 2 atom stereocenters. The van der Waals surface area contributed by atoms with Gasteiger partial charge in [-0.25, -0.2) is 0 Å². The minimum atomic E-state index is -0.134. The van der Waals surface area contributed by atoms with Crippen LogP contribution in [0.5, 0.6) is 0 Å². The first kappa shape index (κ1) is 18.7. The summed E-state index contributed by atoms with van der Waals surface area (Å²) in [5.74, 6) is -0.0187. The summed E-state index contributed by atoms with van der Waals surface area (Å²) in [5.41, 5.74) is 0.699. The Hall–Kier alpha value is -2.67. The van der Waals surface area contributed by atoms with Crippen LogP contribution < -0.4 is 5.43 Å². The maximum Gasteiger partial charge on any atom is 0.242 e. The third kappa shape index (κ3) is 3.42. The molecule has 4 heterocycles. The number of nitrogens with zero attached hydrogens (tertiary/aromatic N) is 3. The lowest BCUT2D eigenvalue weighted by molar-refractivity contribution is -0.140. The standard InChI is InChI=1S/C21H25N3O4/c1-28-11-10-24-16-7-6-15(21(24)27)12-23(13-16)20(26)14-22-9-8-19(25)17-4-2-3-5-18(17)22/h2-5,8-9,15-16H,6-7,10-14H2,1H3/t15-,16+/m0/s1. The van der Waals surface area contributed by atoms with Gasteiger partial charge in [0, 0.05) is 50.4 Å². The monoisotopic (exact) mass is 383 g/mol. The van der Waals surface area contributed by atoms with Gasteiger partial charge in [-0.2, -0.15) is 0 Å². The average Bonchev–Trinajstić information content (AvgIpc) is 3.00. The van der Waals surface area contributed by atoms with Crippen LogP contribution in [0.1, 0.15) is 12.8 Å². The highest BCUT2D eigenvalue weighted by molar-refractivity contribution is 5.84. The van der Waals surface area contributed by atoms with Gasteiger partial charge in [0.05, 0.1) is 18.0 Å². The van der Waals surface area contributed by atoms with Crippen molar-refractivity contribution in [1.29, 1.82) is 0 Å². The van der Waals surface area contributed by atoms with Crippen LogP contribution in [0.15, 0.2) is 41.3 Å². The molecule has 2 aromatic rings. The van der Waals surface area contributed by atoms with Crippen LogP contribution in [0.25, 0.3) is 10.9 Å². The normalized spacial score (nSPS) is 22.0. The van der Waals surface area contributed by atoms with E-state index in [2.05, 4.69) is 0 Å². The smallest absolute Gasteiger partial charge is 0.242 e. The fourth-order valence-corrected chi connectivity index (χ4v) is 4.37. The van der Waals surface area contributed by atoms with Crippen LogP contribution in [0, 0.1) is 5.92 Å².